The molecule has 3 heterocycles. The van der Waals surface area contributed by atoms with E-state index in [1.165, 1.54) is 45.3 Å². The van der Waals surface area contributed by atoms with Crippen LogP contribution in [0.5, 0.6) is 0 Å². The summed E-state index contributed by atoms with van der Waals surface area (Å²) < 4.78 is 1.93. The summed E-state index contributed by atoms with van der Waals surface area (Å²) >= 11 is 6.35. The average molecular weight is 297 g/mol. The number of nitrogens with one attached hydrogen (secondary N) is 1. The average Bonchev–Trinajstić information content (AvgIpc) is 3.05. The van der Waals surface area contributed by atoms with Gasteiger partial charge in [0.15, 0.2) is 0 Å². The van der Waals surface area contributed by atoms with Crippen molar-refractivity contribution in [2.75, 3.05) is 19.6 Å². The maximum absolute atomic E-state index is 6.35. The molecule has 0 radical (unpaired) electrons. The molecule has 1 unspecified atom stereocenters. The van der Waals surface area contributed by atoms with E-state index in [1.807, 2.05) is 18.7 Å². The number of aromatic nitrogens is 2. The Kier molecular flexibility index (Phi) is 4.34. The van der Waals surface area contributed by atoms with Crippen LogP contribution in [-0.4, -0.2) is 40.4 Å². The van der Waals surface area contributed by atoms with Crippen LogP contribution in [0.1, 0.15) is 37.1 Å². The van der Waals surface area contributed by atoms with Gasteiger partial charge in [0.25, 0.3) is 0 Å². The summed E-state index contributed by atoms with van der Waals surface area (Å²) in [6.45, 7) is 6.49. The first-order valence-electron chi connectivity index (χ1n) is 7.79. The summed E-state index contributed by atoms with van der Waals surface area (Å²) in [6, 6.07) is 0.777. The zero-order valence-corrected chi connectivity index (χ0v) is 13.3. The van der Waals surface area contributed by atoms with Gasteiger partial charge in [0.05, 0.1) is 16.4 Å². The second-order valence-corrected chi connectivity index (χ2v) is 6.66. The van der Waals surface area contributed by atoms with Gasteiger partial charge in [-0.25, -0.2) is 0 Å². The minimum Gasteiger partial charge on any atom is -0.314 e. The molecule has 0 aromatic carbocycles. The Hall–Kier alpha value is -0.580. The fraction of sp³-hybridized carbons (Fsp3) is 0.800. The lowest BCUT2D eigenvalue weighted by atomic mass is 9.88. The van der Waals surface area contributed by atoms with Crippen LogP contribution >= 0.6 is 11.6 Å². The fourth-order valence-electron chi connectivity index (χ4n) is 3.69. The smallest absolute Gasteiger partial charge is 0.0860 e. The van der Waals surface area contributed by atoms with Gasteiger partial charge in [-0.05, 0) is 58.2 Å². The third-order valence-electron chi connectivity index (χ3n) is 4.93. The Morgan fingerprint density at radius 3 is 2.60 bits per heavy atom. The first-order chi connectivity index (χ1) is 9.65. The van der Waals surface area contributed by atoms with E-state index in [4.69, 9.17) is 11.6 Å². The normalized spacial score (nSPS) is 25.4. The molecule has 2 saturated heterocycles. The monoisotopic (exact) mass is 296 g/mol. The lowest BCUT2D eigenvalue weighted by Gasteiger charge is -2.34. The zero-order valence-electron chi connectivity index (χ0n) is 12.5. The van der Waals surface area contributed by atoms with E-state index in [0.717, 1.165) is 34.9 Å². The standard InChI is InChI=1S/C15H25ClN4/c1-11-15(16)14(19(2)18-11)10-20-8-5-12(6-9-20)13-4-3-7-17-13/h12-13,17H,3-10H2,1-2H3. The minimum atomic E-state index is 0.777. The summed E-state index contributed by atoms with van der Waals surface area (Å²) in [5.41, 5.74) is 2.09. The molecule has 112 valence electrons. The molecule has 5 heteroatoms. The largest absolute Gasteiger partial charge is 0.314 e. The summed E-state index contributed by atoms with van der Waals surface area (Å²) in [5, 5.41) is 8.90. The molecule has 3 rings (SSSR count). The molecule has 2 aliphatic rings. The van der Waals surface area contributed by atoms with Crippen LogP contribution in [0.4, 0.5) is 0 Å². The Morgan fingerprint density at radius 2 is 2.05 bits per heavy atom. The highest BCUT2D eigenvalue weighted by Crippen LogP contribution is 2.27. The molecule has 1 N–H and O–H groups in total. The third-order valence-corrected chi connectivity index (χ3v) is 5.43. The molecule has 2 fully saturated rings. The van der Waals surface area contributed by atoms with Crippen LogP contribution in [0.3, 0.4) is 0 Å². The molecule has 0 spiro atoms. The summed E-state index contributed by atoms with van der Waals surface area (Å²) in [7, 11) is 1.99. The second kappa shape index (κ2) is 6.04. The minimum absolute atomic E-state index is 0.777. The molecule has 2 aliphatic heterocycles. The SMILES string of the molecule is Cc1nn(C)c(CN2CCC(C3CCCN3)CC2)c1Cl. The van der Waals surface area contributed by atoms with Gasteiger partial charge in [-0.3, -0.25) is 9.58 Å². The first-order valence-corrected chi connectivity index (χ1v) is 8.16. The number of rotatable bonds is 3. The van der Waals surface area contributed by atoms with Gasteiger partial charge in [-0.1, -0.05) is 11.6 Å². The van der Waals surface area contributed by atoms with Gasteiger partial charge in [0, 0.05) is 19.6 Å². The van der Waals surface area contributed by atoms with Gasteiger partial charge in [-0.2, -0.15) is 5.10 Å². The summed E-state index contributed by atoms with van der Waals surface area (Å²) in [6.07, 6.45) is 5.35. The van der Waals surface area contributed by atoms with Crippen LogP contribution in [0.2, 0.25) is 5.02 Å². The number of aryl methyl sites for hydroxylation is 2. The van der Waals surface area contributed by atoms with E-state index >= 15 is 0 Å². The van der Waals surface area contributed by atoms with Crippen LogP contribution in [0, 0.1) is 12.8 Å². The third kappa shape index (κ3) is 2.87. The van der Waals surface area contributed by atoms with E-state index in [0.29, 0.717) is 0 Å². The maximum Gasteiger partial charge on any atom is 0.0860 e. The molecule has 1 aromatic heterocycles. The molecule has 1 aromatic rings. The van der Waals surface area contributed by atoms with Crippen LogP contribution in [0.15, 0.2) is 0 Å². The summed E-state index contributed by atoms with van der Waals surface area (Å²) in [4.78, 5) is 2.52. The number of hydrogen-bond acceptors (Lipinski definition) is 3. The van der Waals surface area contributed by atoms with Crippen LogP contribution < -0.4 is 5.32 Å². The van der Waals surface area contributed by atoms with Crippen molar-refractivity contribution in [3.63, 3.8) is 0 Å². The van der Waals surface area contributed by atoms with Crippen molar-refractivity contribution in [2.45, 2.75) is 45.2 Å². The van der Waals surface area contributed by atoms with Gasteiger partial charge >= 0.3 is 0 Å². The van der Waals surface area contributed by atoms with Gasteiger partial charge in [0.2, 0.25) is 0 Å². The molecule has 0 aliphatic carbocycles. The number of hydrogen-bond donors (Lipinski definition) is 1. The molecular weight excluding hydrogens is 272 g/mol. The Labute approximate surface area is 126 Å². The highest BCUT2D eigenvalue weighted by atomic mass is 35.5. The highest BCUT2D eigenvalue weighted by Gasteiger charge is 2.28. The van der Waals surface area contributed by atoms with Crippen LogP contribution in [0.25, 0.3) is 0 Å². The van der Waals surface area contributed by atoms with Crippen molar-refractivity contribution in [1.82, 2.24) is 20.0 Å². The van der Waals surface area contributed by atoms with Gasteiger partial charge in [0.1, 0.15) is 0 Å². The second-order valence-electron chi connectivity index (χ2n) is 6.29. The Balaban J connectivity index is 1.55. The molecule has 0 bridgehead atoms. The predicted molar refractivity (Wildman–Crippen MR) is 82.0 cm³/mol. The molecule has 1 atom stereocenters. The topological polar surface area (TPSA) is 33.1 Å². The van der Waals surface area contributed by atoms with Crippen molar-refractivity contribution >= 4 is 11.6 Å². The van der Waals surface area contributed by atoms with E-state index in [-0.39, 0.29) is 0 Å². The quantitative estimate of drug-likeness (QED) is 0.929. The van der Waals surface area contributed by atoms with Gasteiger partial charge < -0.3 is 5.32 Å². The van der Waals surface area contributed by atoms with Crippen molar-refractivity contribution in [1.29, 1.82) is 0 Å². The van der Waals surface area contributed by atoms with E-state index < -0.39 is 0 Å². The molecular formula is C15H25ClN4. The number of piperidine rings is 1. The van der Waals surface area contributed by atoms with Gasteiger partial charge in [-0.15, -0.1) is 0 Å². The van der Waals surface area contributed by atoms with Crippen molar-refractivity contribution in [3.8, 4) is 0 Å². The predicted octanol–water partition coefficient (Wildman–Crippen LogP) is 2.35. The number of nitrogens with zero attached hydrogens (tertiary/aromatic N) is 3. The molecule has 20 heavy (non-hydrogen) atoms. The molecule has 0 amide bonds. The lowest BCUT2D eigenvalue weighted by Crippen LogP contribution is -2.40. The number of halogens is 1. The number of likely N-dealkylation sites (tertiary alicyclic amines) is 1. The summed E-state index contributed by atoms with van der Waals surface area (Å²) in [5.74, 6) is 0.873. The highest BCUT2D eigenvalue weighted by molar-refractivity contribution is 6.31. The zero-order chi connectivity index (χ0) is 14.1. The first kappa shape index (κ1) is 14.4. The molecule has 4 nitrogen and oxygen atoms in total. The fourth-order valence-corrected chi connectivity index (χ4v) is 3.91. The lowest BCUT2D eigenvalue weighted by molar-refractivity contribution is 0.154. The van der Waals surface area contributed by atoms with E-state index in [2.05, 4.69) is 15.3 Å². The van der Waals surface area contributed by atoms with Crippen molar-refractivity contribution < 1.29 is 0 Å². The van der Waals surface area contributed by atoms with Crippen LogP contribution in [-0.2, 0) is 13.6 Å². The Morgan fingerprint density at radius 1 is 1.30 bits per heavy atom. The molecule has 0 saturated carbocycles. The Bertz CT molecular complexity index is 457. The van der Waals surface area contributed by atoms with Crippen molar-refractivity contribution in [2.24, 2.45) is 13.0 Å². The van der Waals surface area contributed by atoms with Crippen molar-refractivity contribution in [3.05, 3.63) is 16.4 Å². The van der Waals surface area contributed by atoms with E-state index in [9.17, 15) is 0 Å². The maximum atomic E-state index is 6.35. The van der Waals surface area contributed by atoms with E-state index in [1.54, 1.807) is 0 Å².